The third kappa shape index (κ3) is 2.15. The van der Waals surface area contributed by atoms with E-state index in [9.17, 15) is 0 Å². The van der Waals surface area contributed by atoms with Crippen LogP contribution in [0.5, 0.6) is 0 Å². The van der Waals surface area contributed by atoms with Gasteiger partial charge in [0.25, 0.3) is 0 Å². The lowest BCUT2D eigenvalue weighted by molar-refractivity contribution is 0.334. The van der Waals surface area contributed by atoms with Crippen molar-refractivity contribution in [2.75, 3.05) is 18.8 Å². The first-order chi connectivity index (χ1) is 4.84. The van der Waals surface area contributed by atoms with Gasteiger partial charge in [0.1, 0.15) is 0 Å². The Bertz CT molecular complexity index is 91.6. The molecule has 1 unspecified atom stereocenters. The molecule has 10 heavy (non-hydrogen) atoms. The van der Waals surface area contributed by atoms with Gasteiger partial charge in [0.15, 0.2) is 0 Å². The van der Waals surface area contributed by atoms with Crippen molar-refractivity contribution >= 4 is 12.6 Å². The summed E-state index contributed by atoms with van der Waals surface area (Å²) in [5, 5.41) is 3.31. The smallest absolute Gasteiger partial charge is 0.0157 e. The van der Waals surface area contributed by atoms with Gasteiger partial charge in [-0.2, -0.15) is 12.6 Å². The highest BCUT2D eigenvalue weighted by Gasteiger charge is 2.18. The minimum atomic E-state index is 0.311. The van der Waals surface area contributed by atoms with Gasteiger partial charge >= 0.3 is 0 Å². The molecule has 0 bridgehead atoms. The summed E-state index contributed by atoms with van der Waals surface area (Å²) in [7, 11) is 0. The predicted molar refractivity (Wildman–Crippen MR) is 47.4 cm³/mol. The molecule has 1 saturated heterocycles. The summed E-state index contributed by atoms with van der Waals surface area (Å²) < 4.78 is 0. The Hall–Kier alpha value is 0.270. The monoisotopic (exact) mass is 160 g/mol. The lowest BCUT2D eigenvalue weighted by atomic mass is 9.92. The minimum absolute atomic E-state index is 0.311. The van der Waals surface area contributed by atoms with Crippen LogP contribution in [0.1, 0.15) is 12.8 Å². The molecule has 1 fully saturated rings. The third-order valence-corrected chi connectivity index (χ3v) is 2.62. The van der Waals surface area contributed by atoms with E-state index in [0.717, 1.165) is 18.8 Å². The van der Waals surface area contributed by atoms with Crippen LogP contribution in [0.25, 0.3) is 0 Å². The summed E-state index contributed by atoms with van der Waals surface area (Å²) >= 11 is 4.18. The summed E-state index contributed by atoms with van der Waals surface area (Å²) in [4.78, 5) is 0. The van der Waals surface area contributed by atoms with Gasteiger partial charge in [0, 0.05) is 11.8 Å². The second-order valence-corrected chi connectivity index (χ2v) is 3.30. The zero-order valence-electron chi connectivity index (χ0n) is 6.21. The Morgan fingerprint density at radius 3 is 2.60 bits per heavy atom. The van der Waals surface area contributed by atoms with E-state index in [1.54, 1.807) is 0 Å². The molecule has 0 amide bonds. The molecule has 0 aromatic heterocycles. The number of nitrogens with one attached hydrogen (secondary N) is 1. The Kier molecular flexibility index (Phi) is 3.52. The van der Waals surface area contributed by atoms with Gasteiger partial charge in [-0.25, -0.2) is 0 Å². The van der Waals surface area contributed by atoms with Crippen molar-refractivity contribution in [1.29, 1.82) is 0 Å². The second-order valence-electron chi connectivity index (χ2n) is 2.93. The maximum atomic E-state index is 5.84. The molecule has 1 aliphatic rings. The van der Waals surface area contributed by atoms with E-state index in [1.165, 1.54) is 12.8 Å². The molecule has 1 rings (SSSR count). The van der Waals surface area contributed by atoms with Crippen molar-refractivity contribution in [2.24, 2.45) is 11.7 Å². The molecule has 0 aromatic rings. The second kappa shape index (κ2) is 4.21. The lowest BCUT2D eigenvalue weighted by Crippen LogP contribution is -2.39. The predicted octanol–water partition coefficient (Wildman–Crippen LogP) is 0.243. The van der Waals surface area contributed by atoms with Crippen LogP contribution in [-0.2, 0) is 0 Å². The van der Waals surface area contributed by atoms with Gasteiger partial charge < -0.3 is 11.1 Å². The molecule has 3 heteroatoms. The van der Waals surface area contributed by atoms with E-state index in [0.29, 0.717) is 12.0 Å². The Morgan fingerprint density at radius 2 is 2.10 bits per heavy atom. The third-order valence-electron chi connectivity index (χ3n) is 2.20. The lowest BCUT2D eigenvalue weighted by Gasteiger charge is -2.26. The van der Waals surface area contributed by atoms with Crippen molar-refractivity contribution < 1.29 is 0 Å². The van der Waals surface area contributed by atoms with E-state index >= 15 is 0 Å². The molecule has 1 heterocycles. The fourth-order valence-corrected chi connectivity index (χ4v) is 1.72. The van der Waals surface area contributed by atoms with Crippen LogP contribution < -0.4 is 11.1 Å². The number of hydrogen-bond acceptors (Lipinski definition) is 3. The zero-order chi connectivity index (χ0) is 7.40. The van der Waals surface area contributed by atoms with Crippen molar-refractivity contribution in [3.63, 3.8) is 0 Å². The summed E-state index contributed by atoms with van der Waals surface area (Å²) in [6.07, 6.45) is 2.45. The summed E-state index contributed by atoms with van der Waals surface area (Å²) in [6, 6.07) is 0.311. The first kappa shape index (κ1) is 8.37. The molecule has 0 spiro atoms. The number of nitrogens with two attached hydrogens (primary N) is 1. The average Bonchev–Trinajstić information content (AvgIpc) is 2.05. The van der Waals surface area contributed by atoms with Gasteiger partial charge in [-0.1, -0.05) is 0 Å². The molecular formula is C7H16N2S. The molecule has 0 aliphatic carbocycles. The van der Waals surface area contributed by atoms with E-state index in [2.05, 4.69) is 17.9 Å². The Labute approximate surface area is 68.0 Å². The van der Waals surface area contributed by atoms with E-state index < -0.39 is 0 Å². The Morgan fingerprint density at radius 1 is 1.50 bits per heavy atom. The zero-order valence-corrected chi connectivity index (χ0v) is 7.11. The quantitative estimate of drug-likeness (QED) is 0.506. The van der Waals surface area contributed by atoms with Crippen LogP contribution in [0.3, 0.4) is 0 Å². The maximum absolute atomic E-state index is 5.84. The van der Waals surface area contributed by atoms with Gasteiger partial charge in [0.05, 0.1) is 0 Å². The van der Waals surface area contributed by atoms with Crippen molar-refractivity contribution in [3.05, 3.63) is 0 Å². The molecular weight excluding hydrogens is 144 g/mol. The van der Waals surface area contributed by atoms with Gasteiger partial charge in [-0.3, -0.25) is 0 Å². The standard InChI is InChI=1S/C7H16N2S/c8-7(5-10)6-1-3-9-4-2-6/h6-7,9-10H,1-5,8H2. The highest BCUT2D eigenvalue weighted by atomic mass is 32.1. The topological polar surface area (TPSA) is 38.0 Å². The van der Waals surface area contributed by atoms with Crippen LogP contribution in [0.2, 0.25) is 0 Å². The molecule has 2 nitrogen and oxygen atoms in total. The number of rotatable bonds is 2. The van der Waals surface area contributed by atoms with Crippen LogP contribution in [0, 0.1) is 5.92 Å². The molecule has 60 valence electrons. The van der Waals surface area contributed by atoms with E-state index in [1.807, 2.05) is 0 Å². The van der Waals surface area contributed by atoms with Crippen molar-refractivity contribution in [1.82, 2.24) is 5.32 Å². The molecule has 0 aromatic carbocycles. The molecule has 1 atom stereocenters. The van der Waals surface area contributed by atoms with Crippen LogP contribution in [0.4, 0.5) is 0 Å². The van der Waals surface area contributed by atoms with Gasteiger partial charge in [-0.15, -0.1) is 0 Å². The largest absolute Gasteiger partial charge is 0.327 e. The Balaban J connectivity index is 2.24. The normalized spacial score (nSPS) is 24.6. The van der Waals surface area contributed by atoms with E-state index in [-0.39, 0.29) is 0 Å². The number of piperidine rings is 1. The fourth-order valence-electron chi connectivity index (χ4n) is 1.42. The van der Waals surface area contributed by atoms with Crippen LogP contribution in [-0.4, -0.2) is 24.9 Å². The van der Waals surface area contributed by atoms with Crippen LogP contribution in [0.15, 0.2) is 0 Å². The fraction of sp³-hybridized carbons (Fsp3) is 1.00. The highest BCUT2D eigenvalue weighted by molar-refractivity contribution is 7.80. The average molecular weight is 160 g/mol. The van der Waals surface area contributed by atoms with E-state index in [4.69, 9.17) is 5.73 Å². The molecule has 3 N–H and O–H groups in total. The SMILES string of the molecule is NC(CS)C1CCNCC1. The van der Waals surface area contributed by atoms with Gasteiger partial charge in [-0.05, 0) is 31.8 Å². The maximum Gasteiger partial charge on any atom is 0.0157 e. The molecule has 0 radical (unpaired) electrons. The first-order valence-electron chi connectivity index (χ1n) is 3.91. The summed E-state index contributed by atoms with van der Waals surface area (Å²) in [6.45, 7) is 2.26. The molecule has 0 saturated carbocycles. The number of hydrogen-bond donors (Lipinski definition) is 3. The first-order valence-corrected chi connectivity index (χ1v) is 4.55. The van der Waals surface area contributed by atoms with Crippen LogP contribution >= 0.6 is 12.6 Å². The molecule has 1 aliphatic heterocycles. The summed E-state index contributed by atoms with van der Waals surface area (Å²) in [5.74, 6) is 1.53. The minimum Gasteiger partial charge on any atom is -0.327 e. The highest BCUT2D eigenvalue weighted by Crippen LogP contribution is 2.15. The summed E-state index contributed by atoms with van der Waals surface area (Å²) in [5.41, 5.74) is 5.84. The van der Waals surface area contributed by atoms with Gasteiger partial charge in [0.2, 0.25) is 0 Å². The van der Waals surface area contributed by atoms with Crippen molar-refractivity contribution in [2.45, 2.75) is 18.9 Å². The number of thiol groups is 1. The van der Waals surface area contributed by atoms with Crippen molar-refractivity contribution in [3.8, 4) is 0 Å².